The first-order valence-corrected chi connectivity index (χ1v) is 1.50. The number of hydrogen-bond acceptors (Lipinski definition) is 0. The van der Waals surface area contributed by atoms with Gasteiger partial charge in [0, 0.05) is 0 Å². The van der Waals surface area contributed by atoms with Gasteiger partial charge in [0.25, 0.3) is 0 Å². The van der Waals surface area contributed by atoms with E-state index in [1.54, 1.807) is 0 Å². The first-order chi connectivity index (χ1) is 1.50. The normalized spacial score (nSPS) is 14.4. The molecule has 22 valence electrons. The van der Waals surface area contributed by atoms with Crippen molar-refractivity contribution in [2.45, 2.75) is 19.3 Å². The topological polar surface area (TPSA) is 0 Å². The summed E-state index contributed by atoms with van der Waals surface area (Å²) in [5, 5.41) is 0. The van der Waals surface area contributed by atoms with Crippen LogP contribution in [0.25, 0.3) is 0 Å². The van der Waals surface area contributed by atoms with Crippen LogP contribution in [0, 0.1) is 0 Å². The maximum absolute atomic E-state index is 1.50. The van der Waals surface area contributed by atoms with Gasteiger partial charge in [0.05, 0.1) is 0 Å². The third-order valence-corrected chi connectivity index (χ3v) is 0.354. The summed E-state index contributed by atoms with van der Waals surface area (Å²) in [7, 11) is 0. The predicted octanol–water partition coefficient (Wildman–Crippen LogP) is -0.127. The monoisotopic (exact) mass is 58.1 g/mol. The summed E-state index contributed by atoms with van der Waals surface area (Å²) >= 11 is 0. The molecular formula is C3H8Li2. The van der Waals surface area contributed by atoms with Gasteiger partial charge in [0.2, 0.25) is 0 Å². The van der Waals surface area contributed by atoms with E-state index in [4.69, 9.17) is 0 Å². The molecule has 0 saturated heterocycles. The first-order valence-electron chi connectivity index (χ1n) is 1.50. The fourth-order valence-corrected chi connectivity index (χ4v) is 0. The Morgan fingerprint density at radius 3 is 0.800 bits per heavy atom. The van der Waals surface area contributed by atoms with Gasteiger partial charge in [-0.25, -0.2) is 0 Å². The minimum absolute atomic E-state index is 0. The Hall–Kier alpha value is 1.19. The zero-order valence-corrected chi connectivity index (χ0v) is 2.12. The molecule has 0 heterocycles. The second-order valence-electron chi connectivity index (χ2n) is 1.06. The van der Waals surface area contributed by atoms with Crippen molar-refractivity contribution >= 4 is 37.7 Å². The molecule has 1 fully saturated rings. The van der Waals surface area contributed by atoms with E-state index < -0.39 is 0 Å². The third kappa shape index (κ3) is 11.0. The van der Waals surface area contributed by atoms with Crippen LogP contribution in [0.5, 0.6) is 0 Å². The molecule has 0 aromatic carbocycles. The van der Waals surface area contributed by atoms with Crippen LogP contribution < -0.4 is 0 Å². The fourth-order valence-electron chi connectivity index (χ4n) is 0. The molecule has 0 bridgehead atoms. The van der Waals surface area contributed by atoms with Crippen molar-refractivity contribution < 1.29 is 0 Å². The van der Waals surface area contributed by atoms with Crippen LogP contribution in [0.4, 0.5) is 0 Å². The van der Waals surface area contributed by atoms with E-state index >= 15 is 0 Å². The SMILES string of the molecule is C1CC1.[LiH].[LiH]. The minimum atomic E-state index is 0. The van der Waals surface area contributed by atoms with Gasteiger partial charge < -0.3 is 0 Å². The number of hydrogen-bond donors (Lipinski definition) is 0. The Balaban J connectivity index is 0. The molecule has 0 nitrogen and oxygen atoms in total. The Labute approximate surface area is 57.1 Å². The van der Waals surface area contributed by atoms with Crippen molar-refractivity contribution in [3.63, 3.8) is 0 Å². The first kappa shape index (κ1) is 9.50. The summed E-state index contributed by atoms with van der Waals surface area (Å²) < 4.78 is 0. The average Bonchev–Trinajstić information content (AvgIpc) is 1.46. The zero-order chi connectivity index (χ0) is 2.12. The second kappa shape index (κ2) is 5.19. The van der Waals surface area contributed by atoms with E-state index in [-0.39, 0.29) is 37.7 Å². The van der Waals surface area contributed by atoms with Crippen molar-refractivity contribution in [1.82, 2.24) is 0 Å². The Kier molecular flexibility index (Phi) is 9.87. The quantitative estimate of drug-likeness (QED) is 0.340. The molecule has 1 aliphatic rings. The van der Waals surface area contributed by atoms with Gasteiger partial charge in [0.1, 0.15) is 0 Å². The summed E-state index contributed by atoms with van der Waals surface area (Å²) in [6.07, 6.45) is 4.50. The molecule has 0 unspecified atom stereocenters. The van der Waals surface area contributed by atoms with Crippen LogP contribution in [0.3, 0.4) is 0 Å². The molecule has 0 atom stereocenters. The maximum atomic E-state index is 1.50. The van der Waals surface area contributed by atoms with Crippen molar-refractivity contribution in [3.8, 4) is 0 Å². The van der Waals surface area contributed by atoms with E-state index in [2.05, 4.69) is 0 Å². The van der Waals surface area contributed by atoms with E-state index in [9.17, 15) is 0 Å². The van der Waals surface area contributed by atoms with Crippen molar-refractivity contribution in [3.05, 3.63) is 0 Å². The summed E-state index contributed by atoms with van der Waals surface area (Å²) in [4.78, 5) is 0. The summed E-state index contributed by atoms with van der Waals surface area (Å²) in [5.74, 6) is 0. The molecule has 5 heavy (non-hydrogen) atoms. The Bertz CT molecular complexity index is 9.61. The van der Waals surface area contributed by atoms with Gasteiger partial charge in [-0.15, -0.1) is 0 Å². The Morgan fingerprint density at radius 1 is 0.600 bits per heavy atom. The molecule has 0 aliphatic heterocycles. The van der Waals surface area contributed by atoms with E-state index in [0.717, 1.165) is 0 Å². The molecule has 1 saturated carbocycles. The van der Waals surface area contributed by atoms with Gasteiger partial charge >= 0.3 is 37.7 Å². The summed E-state index contributed by atoms with van der Waals surface area (Å²) in [6.45, 7) is 0. The molecule has 1 aliphatic carbocycles. The van der Waals surface area contributed by atoms with E-state index in [1.807, 2.05) is 0 Å². The van der Waals surface area contributed by atoms with Crippen LogP contribution in [0.15, 0.2) is 0 Å². The van der Waals surface area contributed by atoms with Crippen LogP contribution in [0.2, 0.25) is 0 Å². The van der Waals surface area contributed by atoms with Gasteiger partial charge in [-0.1, -0.05) is 19.3 Å². The molecule has 0 spiro atoms. The molecule has 2 heteroatoms. The summed E-state index contributed by atoms with van der Waals surface area (Å²) in [6, 6.07) is 0. The third-order valence-electron chi connectivity index (χ3n) is 0.354. The predicted molar refractivity (Wildman–Crippen MR) is 28.1 cm³/mol. The molecule has 0 radical (unpaired) electrons. The van der Waals surface area contributed by atoms with Crippen molar-refractivity contribution in [1.29, 1.82) is 0 Å². The molecule has 0 aromatic heterocycles. The Morgan fingerprint density at radius 2 is 0.800 bits per heavy atom. The van der Waals surface area contributed by atoms with Crippen molar-refractivity contribution in [2.24, 2.45) is 0 Å². The molecular weight excluding hydrogens is 49.9 g/mol. The van der Waals surface area contributed by atoms with E-state index in [0.29, 0.717) is 0 Å². The van der Waals surface area contributed by atoms with Gasteiger partial charge in [-0.2, -0.15) is 0 Å². The molecule has 0 aromatic rings. The second-order valence-corrected chi connectivity index (χ2v) is 1.06. The fraction of sp³-hybridized carbons (Fsp3) is 1.00. The standard InChI is InChI=1S/C3H6.2Li.2H/c1-2-3-1;;;;/h1-3H2;;;;. The average molecular weight is 58.0 g/mol. The van der Waals surface area contributed by atoms with Crippen LogP contribution >= 0.6 is 0 Å². The molecule has 1 rings (SSSR count). The van der Waals surface area contributed by atoms with Gasteiger partial charge in [-0.05, 0) is 0 Å². The van der Waals surface area contributed by atoms with Crippen LogP contribution in [-0.2, 0) is 0 Å². The molecule has 0 amide bonds. The molecule has 0 N–H and O–H groups in total. The van der Waals surface area contributed by atoms with Crippen molar-refractivity contribution in [2.75, 3.05) is 0 Å². The van der Waals surface area contributed by atoms with Gasteiger partial charge in [-0.3, -0.25) is 0 Å². The van der Waals surface area contributed by atoms with Gasteiger partial charge in [0.15, 0.2) is 0 Å². The van der Waals surface area contributed by atoms with Crippen LogP contribution in [-0.4, -0.2) is 37.7 Å². The summed E-state index contributed by atoms with van der Waals surface area (Å²) in [5.41, 5.74) is 0. The van der Waals surface area contributed by atoms with E-state index in [1.165, 1.54) is 19.3 Å². The zero-order valence-electron chi connectivity index (χ0n) is 2.12. The number of rotatable bonds is 0. The van der Waals surface area contributed by atoms with Crippen LogP contribution in [0.1, 0.15) is 19.3 Å².